The second-order valence-electron chi connectivity index (χ2n) is 2.52. The van der Waals surface area contributed by atoms with Crippen LogP contribution in [0.15, 0.2) is 17.1 Å². The van der Waals surface area contributed by atoms with Crippen molar-refractivity contribution in [2.75, 3.05) is 0 Å². The molecule has 0 aromatic heterocycles. The highest BCUT2D eigenvalue weighted by Crippen LogP contribution is 2.29. The zero-order chi connectivity index (χ0) is 10.7. The Morgan fingerprint density at radius 3 is 2.71 bits per heavy atom. The molecule has 0 atom stereocenters. The van der Waals surface area contributed by atoms with Gasteiger partial charge in [0.1, 0.15) is 5.69 Å². The lowest BCUT2D eigenvalue weighted by Gasteiger charge is -1.99. The van der Waals surface area contributed by atoms with Gasteiger partial charge in [-0.3, -0.25) is 10.1 Å². The predicted molar refractivity (Wildman–Crippen MR) is 45.6 cm³/mol. The Morgan fingerprint density at radius 1 is 1.57 bits per heavy atom. The number of benzene rings is 1. The molecule has 6 heteroatoms. The van der Waals surface area contributed by atoms with Crippen molar-refractivity contribution in [3.63, 3.8) is 0 Å². The van der Waals surface area contributed by atoms with Crippen molar-refractivity contribution in [2.24, 2.45) is 4.99 Å². The monoisotopic (exact) mass is 196 g/mol. The number of aryl methyl sites for hydroxylation is 1. The number of hydrogen-bond donors (Lipinski definition) is 0. The standard InChI is InChI=1S/C8H5FN2O3/c1-5-2-3-6(10-4-12)7(9)8(5)11(13)14/h2-3H,1H3. The summed E-state index contributed by atoms with van der Waals surface area (Å²) >= 11 is 0. The van der Waals surface area contributed by atoms with Gasteiger partial charge in [0, 0.05) is 5.56 Å². The molecule has 5 nitrogen and oxygen atoms in total. The first-order valence-electron chi connectivity index (χ1n) is 3.59. The fourth-order valence-electron chi connectivity index (χ4n) is 1.01. The fourth-order valence-corrected chi connectivity index (χ4v) is 1.01. The summed E-state index contributed by atoms with van der Waals surface area (Å²) in [7, 11) is 0. The van der Waals surface area contributed by atoms with E-state index in [9.17, 15) is 19.3 Å². The molecule has 0 saturated carbocycles. The smallest absolute Gasteiger partial charge is 0.258 e. The molecule has 0 saturated heterocycles. The summed E-state index contributed by atoms with van der Waals surface area (Å²) in [6.45, 7) is 1.40. The van der Waals surface area contributed by atoms with Gasteiger partial charge >= 0.3 is 5.69 Å². The molecule has 0 N–H and O–H groups in total. The second-order valence-corrected chi connectivity index (χ2v) is 2.52. The van der Waals surface area contributed by atoms with E-state index in [4.69, 9.17) is 0 Å². The molecule has 0 aliphatic rings. The van der Waals surface area contributed by atoms with Crippen molar-refractivity contribution in [1.82, 2.24) is 0 Å². The van der Waals surface area contributed by atoms with Crippen LogP contribution in [-0.4, -0.2) is 11.0 Å². The van der Waals surface area contributed by atoms with Crippen LogP contribution in [0.5, 0.6) is 0 Å². The lowest BCUT2D eigenvalue weighted by atomic mass is 10.2. The summed E-state index contributed by atoms with van der Waals surface area (Å²) in [6, 6.07) is 2.50. The van der Waals surface area contributed by atoms with Crippen LogP contribution in [0.25, 0.3) is 0 Å². The number of rotatable bonds is 2. The van der Waals surface area contributed by atoms with E-state index >= 15 is 0 Å². The summed E-state index contributed by atoms with van der Waals surface area (Å²) in [5.41, 5.74) is -0.865. The molecule has 0 bridgehead atoms. The number of nitro groups is 1. The van der Waals surface area contributed by atoms with Gasteiger partial charge < -0.3 is 0 Å². The quantitative estimate of drug-likeness (QED) is 0.314. The molecule has 0 aliphatic carbocycles. The number of carbonyl (C=O) groups excluding carboxylic acids is 1. The molecule has 0 aliphatic heterocycles. The minimum Gasteiger partial charge on any atom is -0.258 e. The molecule has 0 unspecified atom stereocenters. The van der Waals surface area contributed by atoms with Crippen LogP contribution >= 0.6 is 0 Å². The SMILES string of the molecule is Cc1ccc(N=C=O)c(F)c1[N+](=O)[O-]. The molecule has 0 spiro atoms. The normalized spacial score (nSPS) is 9.29. The van der Waals surface area contributed by atoms with E-state index in [1.165, 1.54) is 19.1 Å². The van der Waals surface area contributed by atoms with Gasteiger partial charge in [-0.05, 0) is 13.0 Å². The second kappa shape index (κ2) is 3.76. The Hall–Kier alpha value is -2.07. The minimum absolute atomic E-state index is 0.178. The zero-order valence-corrected chi connectivity index (χ0v) is 7.15. The Morgan fingerprint density at radius 2 is 2.21 bits per heavy atom. The molecule has 14 heavy (non-hydrogen) atoms. The van der Waals surface area contributed by atoms with Crippen LogP contribution in [0.4, 0.5) is 15.8 Å². The van der Waals surface area contributed by atoms with Gasteiger partial charge in [-0.2, -0.15) is 9.38 Å². The number of hydrogen-bond acceptors (Lipinski definition) is 4. The first-order chi connectivity index (χ1) is 6.57. The topological polar surface area (TPSA) is 72.6 Å². The lowest BCUT2D eigenvalue weighted by Crippen LogP contribution is -1.95. The predicted octanol–water partition coefficient (Wildman–Crippen LogP) is 2.01. The average Bonchev–Trinajstić information content (AvgIpc) is 2.10. The lowest BCUT2D eigenvalue weighted by molar-refractivity contribution is -0.388. The van der Waals surface area contributed by atoms with Gasteiger partial charge in [0.15, 0.2) is 0 Å². The Bertz CT molecular complexity index is 438. The van der Waals surface area contributed by atoms with Gasteiger partial charge in [0.25, 0.3) is 0 Å². The summed E-state index contributed by atoms with van der Waals surface area (Å²) in [6.07, 6.45) is 1.12. The molecule has 0 fully saturated rings. The van der Waals surface area contributed by atoms with Crippen molar-refractivity contribution in [2.45, 2.75) is 6.92 Å². The van der Waals surface area contributed by atoms with Gasteiger partial charge in [-0.25, -0.2) is 4.79 Å². The van der Waals surface area contributed by atoms with E-state index in [0.29, 0.717) is 0 Å². The molecular formula is C8H5FN2O3. The van der Waals surface area contributed by atoms with E-state index in [0.717, 1.165) is 6.08 Å². The maximum atomic E-state index is 13.3. The highest BCUT2D eigenvalue weighted by molar-refractivity contribution is 5.57. The molecule has 1 aromatic carbocycles. The highest BCUT2D eigenvalue weighted by Gasteiger charge is 2.20. The third-order valence-corrected chi connectivity index (χ3v) is 1.65. The molecule has 1 aromatic rings. The molecule has 0 amide bonds. The van der Waals surface area contributed by atoms with Gasteiger partial charge in [-0.1, -0.05) is 6.07 Å². The summed E-state index contributed by atoms with van der Waals surface area (Å²) in [4.78, 5) is 22.4. The van der Waals surface area contributed by atoms with E-state index in [2.05, 4.69) is 4.99 Å². The van der Waals surface area contributed by atoms with Crippen LogP contribution < -0.4 is 0 Å². The molecule has 72 valence electrons. The van der Waals surface area contributed by atoms with E-state index in [-0.39, 0.29) is 11.3 Å². The Balaban J connectivity index is 3.48. The maximum Gasteiger partial charge on any atom is 0.309 e. The summed E-state index contributed by atoms with van der Waals surface area (Å²) < 4.78 is 13.3. The van der Waals surface area contributed by atoms with Crippen LogP contribution in [0.3, 0.4) is 0 Å². The Kier molecular flexibility index (Phi) is 2.69. The van der Waals surface area contributed by atoms with Crippen molar-refractivity contribution >= 4 is 17.5 Å². The van der Waals surface area contributed by atoms with E-state index in [1.807, 2.05) is 0 Å². The van der Waals surface area contributed by atoms with E-state index < -0.39 is 16.4 Å². The van der Waals surface area contributed by atoms with E-state index in [1.54, 1.807) is 0 Å². The Labute approximate surface area is 78.0 Å². The maximum absolute atomic E-state index is 13.3. The van der Waals surface area contributed by atoms with Crippen LogP contribution in [0.2, 0.25) is 0 Å². The van der Waals surface area contributed by atoms with Crippen molar-refractivity contribution < 1.29 is 14.1 Å². The van der Waals surface area contributed by atoms with Gasteiger partial charge in [0.05, 0.1) is 4.92 Å². The fraction of sp³-hybridized carbons (Fsp3) is 0.125. The molecule has 1 rings (SSSR count). The van der Waals surface area contributed by atoms with Crippen molar-refractivity contribution in [3.05, 3.63) is 33.6 Å². The summed E-state index contributed by atoms with van der Waals surface area (Å²) in [5, 5.41) is 10.4. The third kappa shape index (κ3) is 1.65. The number of halogens is 1. The van der Waals surface area contributed by atoms with Crippen molar-refractivity contribution in [3.8, 4) is 0 Å². The average molecular weight is 196 g/mol. The first-order valence-corrected chi connectivity index (χ1v) is 3.59. The summed E-state index contributed by atoms with van der Waals surface area (Å²) in [5.74, 6) is -1.11. The molecular weight excluding hydrogens is 191 g/mol. The number of nitro benzene ring substituents is 1. The molecule has 0 radical (unpaired) electrons. The molecule has 0 heterocycles. The van der Waals surface area contributed by atoms with Gasteiger partial charge in [0.2, 0.25) is 11.9 Å². The largest absolute Gasteiger partial charge is 0.309 e. The highest BCUT2D eigenvalue weighted by atomic mass is 19.1. The number of aliphatic imine (C=N–C) groups is 1. The first kappa shape index (κ1) is 10.0. The minimum atomic E-state index is -1.11. The number of nitrogens with zero attached hydrogens (tertiary/aromatic N) is 2. The van der Waals surface area contributed by atoms with Gasteiger partial charge in [-0.15, -0.1) is 0 Å². The van der Waals surface area contributed by atoms with Crippen LogP contribution in [0, 0.1) is 22.9 Å². The zero-order valence-electron chi connectivity index (χ0n) is 7.15. The number of isocyanates is 1. The van der Waals surface area contributed by atoms with Crippen LogP contribution in [0.1, 0.15) is 5.56 Å². The van der Waals surface area contributed by atoms with Crippen LogP contribution in [-0.2, 0) is 4.79 Å². The van der Waals surface area contributed by atoms with Crippen molar-refractivity contribution in [1.29, 1.82) is 0 Å². The third-order valence-electron chi connectivity index (χ3n) is 1.65.